The van der Waals surface area contributed by atoms with Gasteiger partial charge in [-0.1, -0.05) is 11.6 Å². The van der Waals surface area contributed by atoms with E-state index in [1.807, 2.05) is 14.1 Å². The third-order valence-electron chi connectivity index (χ3n) is 6.79. The SMILES string of the molecule is CN[C@@H]1CCC[C@H]1Nc1nc(Nc2cc(F)c(C(=O)NC3CCN(C)CC3)cc2OC)ncc1Cl. The lowest BCUT2D eigenvalue weighted by Gasteiger charge is -2.29. The number of methoxy groups -OCH3 is 1. The number of carbonyl (C=O) groups is 1. The highest BCUT2D eigenvalue weighted by Crippen LogP contribution is 2.32. The minimum Gasteiger partial charge on any atom is -0.495 e. The number of carbonyl (C=O) groups excluding carboxylic acids is 1. The topological polar surface area (TPSA) is 103 Å². The summed E-state index contributed by atoms with van der Waals surface area (Å²) in [6, 6.07) is 3.18. The monoisotopic (exact) mass is 505 g/mol. The number of nitrogens with one attached hydrogen (secondary N) is 4. The minimum absolute atomic E-state index is 0.0256. The summed E-state index contributed by atoms with van der Waals surface area (Å²) in [4.78, 5) is 23.7. The Kier molecular flexibility index (Phi) is 8.25. The average Bonchev–Trinajstić information content (AvgIpc) is 3.30. The molecule has 0 spiro atoms. The van der Waals surface area contributed by atoms with E-state index < -0.39 is 11.7 Å². The van der Waals surface area contributed by atoms with E-state index in [9.17, 15) is 9.18 Å². The highest BCUT2D eigenvalue weighted by atomic mass is 35.5. The number of anilines is 3. The van der Waals surface area contributed by atoms with Crippen molar-refractivity contribution in [1.82, 2.24) is 25.5 Å². The number of amides is 1. The zero-order valence-electron chi connectivity index (χ0n) is 20.3. The number of halogens is 2. The molecule has 1 saturated heterocycles. The van der Waals surface area contributed by atoms with Crippen molar-refractivity contribution in [3.63, 3.8) is 0 Å². The van der Waals surface area contributed by atoms with Crippen molar-refractivity contribution in [2.75, 3.05) is 44.9 Å². The molecule has 0 bridgehead atoms. The average molecular weight is 506 g/mol. The van der Waals surface area contributed by atoms with E-state index in [4.69, 9.17) is 16.3 Å². The van der Waals surface area contributed by atoms with Crippen LogP contribution in [0.3, 0.4) is 0 Å². The van der Waals surface area contributed by atoms with Crippen molar-refractivity contribution in [2.24, 2.45) is 0 Å². The Bertz CT molecular complexity index is 1050. The van der Waals surface area contributed by atoms with Gasteiger partial charge in [-0.15, -0.1) is 0 Å². The largest absolute Gasteiger partial charge is 0.495 e. The van der Waals surface area contributed by atoms with E-state index in [1.165, 1.54) is 25.4 Å². The van der Waals surface area contributed by atoms with Gasteiger partial charge < -0.3 is 30.9 Å². The molecule has 1 saturated carbocycles. The maximum absolute atomic E-state index is 15.0. The Labute approximate surface area is 210 Å². The van der Waals surface area contributed by atoms with Crippen LogP contribution in [0.4, 0.5) is 21.8 Å². The first-order valence-corrected chi connectivity index (χ1v) is 12.4. The summed E-state index contributed by atoms with van der Waals surface area (Å²) in [5.74, 6) is -0.0679. The molecule has 1 aromatic heterocycles. The van der Waals surface area contributed by atoms with Crippen molar-refractivity contribution in [3.8, 4) is 5.75 Å². The molecular formula is C24H33ClFN7O2. The van der Waals surface area contributed by atoms with E-state index in [1.54, 1.807) is 0 Å². The molecule has 2 fully saturated rings. The molecule has 190 valence electrons. The molecule has 0 unspecified atom stereocenters. The van der Waals surface area contributed by atoms with Crippen LogP contribution in [0.1, 0.15) is 42.5 Å². The number of likely N-dealkylation sites (N-methyl/N-ethyl adjacent to an activating group) is 1. The molecule has 2 aromatic rings. The first-order valence-electron chi connectivity index (χ1n) is 12.0. The fourth-order valence-corrected chi connectivity index (χ4v) is 4.86. The van der Waals surface area contributed by atoms with Crippen molar-refractivity contribution in [1.29, 1.82) is 0 Å². The first-order chi connectivity index (χ1) is 16.9. The molecule has 35 heavy (non-hydrogen) atoms. The second-order valence-electron chi connectivity index (χ2n) is 9.18. The second-order valence-corrected chi connectivity index (χ2v) is 9.58. The van der Waals surface area contributed by atoms with E-state index in [-0.39, 0.29) is 23.6 Å². The smallest absolute Gasteiger partial charge is 0.254 e. The number of rotatable bonds is 8. The lowest BCUT2D eigenvalue weighted by Crippen LogP contribution is -2.43. The molecule has 2 heterocycles. The second kappa shape index (κ2) is 11.4. The number of piperidine rings is 1. The predicted molar refractivity (Wildman–Crippen MR) is 135 cm³/mol. The summed E-state index contributed by atoms with van der Waals surface area (Å²) in [6.07, 6.45) is 6.37. The van der Waals surface area contributed by atoms with Crippen LogP contribution >= 0.6 is 11.6 Å². The lowest BCUT2D eigenvalue weighted by molar-refractivity contribution is 0.0912. The predicted octanol–water partition coefficient (Wildman–Crippen LogP) is 3.40. The number of hydrogen-bond acceptors (Lipinski definition) is 8. The van der Waals surface area contributed by atoms with Crippen molar-refractivity contribution >= 4 is 35.0 Å². The quantitative estimate of drug-likeness (QED) is 0.433. The fourth-order valence-electron chi connectivity index (χ4n) is 4.71. The molecule has 4 rings (SSSR count). The van der Waals surface area contributed by atoms with Crippen LogP contribution in [-0.2, 0) is 0 Å². The van der Waals surface area contributed by atoms with Gasteiger partial charge in [0.15, 0.2) is 5.82 Å². The molecule has 0 radical (unpaired) electrons. The molecule has 1 aliphatic carbocycles. The third kappa shape index (κ3) is 6.12. The number of hydrogen-bond donors (Lipinski definition) is 4. The van der Waals surface area contributed by atoms with Gasteiger partial charge in [0, 0.05) is 24.2 Å². The van der Waals surface area contributed by atoms with Crippen LogP contribution < -0.4 is 26.0 Å². The lowest BCUT2D eigenvalue weighted by atomic mass is 10.0. The summed E-state index contributed by atoms with van der Waals surface area (Å²) in [6.45, 7) is 1.79. The Balaban J connectivity index is 1.49. The van der Waals surface area contributed by atoms with E-state index >= 15 is 0 Å². The maximum atomic E-state index is 15.0. The minimum atomic E-state index is -0.658. The summed E-state index contributed by atoms with van der Waals surface area (Å²) in [5.41, 5.74) is 0.244. The standard InChI is InChI=1S/C24H33ClFN7O2/c1-27-18-5-4-6-19(18)30-22-16(25)13-28-24(32-22)31-20-12-17(26)15(11-21(20)35-3)23(34)29-14-7-9-33(2)10-8-14/h11-14,18-19,27H,4-10H2,1-3H3,(H,29,34)(H2,28,30,31,32)/t18-,19-/m1/s1. The van der Waals surface area contributed by atoms with Crippen LogP contribution in [0, 0.1) is 5.82 Å². The summed E-state index contributed by atoms with van der Waals surface area (Å²) in [5, 5.41) is 13.0. The van der Waals surface area contributed by atoms with E-state index in [0.29, 0.717) is 28.3 Å². The zero-order chi connectivity index (χ0) is 24.9. The van der Waals surface area contributed by atoms with Gasteiger partial charge in [-0.25, -0.2) is 9.37 Å². The maximum Gasteiger partial charge on any atom is 0.254 e. The van der Waals surface area contributed by atoms with E-state index in [2.05, 4.69) is 36.1 Å². The van der Waals surface area contributed by atoms with Crippen molar-refractivity contribution in [3.05, 3.63) is 34.7 Å². The van der Waals surface area contributed by atoms with Crippen molar-refractivity contribution in [2.45, 2.75) is 50.2 Å². The summed E-state index contributed by atoms with van der Waals surface area (Å²) < 4.78 is 20.4. The molecule has 9 nitrogen and oxygen atoms in total. The van der Waals surface area contributed by atoms with Gasteiger partial charge in [0.05, 0.1) is 24.6 Å². The highest BCUT2D eigenvalue weighted by molar-refractivity contribution is 6.32. The van der Waals surface area contributed by atoms with E-state index in [0.717, 1.165) is 45.2 Å². The normalized spacial score (nSPS) is 21.1. The number of nitrogens with zero attached hydrogens (tertiary/aromatic N) is 3. The third-order valence-corrected chi connectivity index (χ3v) is 7.06. The van der Waals surface area contributed by atoms with Gasteiger partial charge in [-0.05, 0) is 65.4 Å². The van der Waals surface area contributed by atoms with Crippen LogP contribution in [0.15, 0.2) is 18.3 Å². The van der Waals surface area contributed by atoms with Crippen LogP contribution in [0.25, 0.3) is 0 Å². The Hall–Kier alpha value is -2.69. The van der Waals surface area contributed by atoms with Gasteiger partial charge in [0.2, 0.25) is 5.95 Å². The number of likely N-dealkylation sites (tertiary alicyclic amines) is 1. The molecule has 11 heteroatoms. The van der Waals surface area contributed by atoms with Gasteiger partial charge in [0.1, 0.15) is 16.6 Å². The van der Waals surface area contributed by atoms with Crippen LogP contribution in [0.5, 0.6) is 5.75 Å². The molecule has 1 aliphatic heterocycles. The molecule has 4 N–H and O–H groups in total. The molecule has 1 aromatic carbocycles. The highest BCUT2D eigenvalue weighted by Gasteiger charge is 2.27. The molecule has 2 aliphatic rings. The molecule has 2 atom stereocenters. The zero-order valence-corrected chi connectivity index (χ0v) is 21.1. The number of ether oxygens (including phenoxy) is 1. The fraction of sp³-hybridized carbons (Fsp3) is 0.542. The Morgan fingerprint density at radius 2 is 1.94 bits per heavy atom. The molecular weight excluding hydrogens is 473 g/mol. The first kappa shape index (κ1) is 25.4. The van der Waals surface area contributed by atoms with Gasteiger partial charge in [-0.3, -0.25) is 4.79 Å². The Morgan fingerprint density at radius 3 is 2.66 bits per heavy atom. The molecule has 1 amide bonds. The van der Waals surface area contributed by atoms with Crippen molar-refractivity contribution < 1.29 is 13.9 Å². The van der Waals surface area contributed by atoms with Gasteiger partial charge in [0.25, 0.3) is 5.91 Å². The summed E-state index contributed by atoms with van der Waals surface area (Å²) >= 11 is 6.33. The van der Waals surface area contributed by atoms with Crippen LogP contribution in [-0.4, -0.2) is 73.2 Å². The Morgan fingerprint density at radius 1 is 1.20 bits per heavy atom. The van der Waals surface area contributed by atoms with Gasteiger partial charge >= 0.3 is 0 Å². The summed E-state index contributed by atoms with van der Waals surface area (Å²) in [7, 11) is 5.45. The number of benzene rings is 1. The van der Waals surface area contributed by atoms with Crippen LogP contribution in [0.2, 0.25) is 5.02 Å². The van der Waals surface area contributed by atoms with Gasteiger partial charge in [-0.2, -0.15) is 4.98 Å². The number of aromatic nitrogens is 2.